The predicted molar refractivity (Wildman–Crippen MR) is 80.0 cm³/mol. The van der Waals surface area contributed by atoms with Crippen LogP contribution in [0.3, 0.4) is 0 Å². The number of carbonyl (C=O) groups excluding carboxylic acids is 1. The van der Waals surface area contributed by atoms with Gasteiger partial charge < -0.3 is 16.0 Å². The lowest BCUT2D eigenvalue weighted by Gasteiger charge is -2.35. The Morgan fingerprint density at radius 2 is 2.40 bits per heavy atom. The Kier molecular flexibility index (Phi) is 5.00. The molecular weight excluding hydrogens is 278 g/mol. The molecule has 6 nitrogen and oxygen atoms in total. The standard InChI is InChI=1S/C13H20ClN5O/c1-2-6-16-13-17-8-9(14)12(18-13)19-7-4-3-5-10(19)11(15)20/h8,10H,2-7H2,1H3,(H2,15,20)(H,16,17,18). The van der Waals surface area contributed by atoms with Crippen molar-refractivity contribution in [2.45, 2.75) is 38.6 Å². The summed E-state index contributed by atoms with van der Waals surface area (Å²) in [6.07, 6.45) is 5.28. The Morgan fingerprint density at radius 1 is 1.60 bits per heavy atom. The molecule has 0 saturated carbocycles. The first-order chi connectivity index (χ1) is 9.63. The van der Waals surface area contributed by atoms with Gasteiger partial charge in [0.2, 0.25) is 11.9 Å². The molecule has 110 valence electrons. The highest BCUT2D eigenvalue weighted by atomic mass is 35.5. The maximum absolute atomic E-state index is 11.6. The van der Waals surface area contributed by atoms with Crippen molar-refractivity contribution in [3.63, 3.8) is 0 Å². The predicted octanol–water partition coefficient (Wildman–Crippen LogP) is 1.80. The molecule has 0 spiro atoms. The summed E-state index contributed by atoms with van der Waals surface area (Å²) in [5.41, 5.74) is 5.48. The number of piperidine rings is 1. The Hall–Kier alpha value is -1.56. The topological polar surface area (TPSA) is 84.1 Å². The molecule has 20 heavy (non-hydrogen) atoms. The van der Waals surface area contributed by atoms with E-state index in [2.05, 4.69) is 22.2 Å². The van der Waals surface area contributed by atoms with Crippen LogP contribution in [0.4, 0.5) is 11.8 Å². The molecule has 2 rings (SSSR count). The zero-order chi connectivity index (χ0) is 14.5. The summed E-state index contributed by atoms with van der Waals surface area (Å²) in [6, 6.07) is -0.338. The average Bonchev–Trinajstić information content (AvgIpc) is 2.46. The second-order valence-electron chi connectivity index (χ2n) is 4.90. The molecule has 0 radical (unpaired) electrons. The number of hydrogen-bond donors (Lipinski definition) is 2. The van der Waals surface area contributed by atoms with Crippen molar-refractivity contribution in [3.8, 4) is 0 Å². The van der Waals surface area contributed by atoms with Crippen LogP contribution in [-0.2, 0) is 4.79 Å². The molecule has 1 aromatic rings. The van der Waals surface area contributed by atoms with E-state index in [-0.39, 0.29) is 11.9 Å². The van der Waals surface area contributed by atoms with Crippen LogP contribution in [0.25, 0.3) is 0 Å². The number of hydrogen-bond acceptors (Lipinski definition) is 5. The zero-order valence-electron chi connectivity index (χ0n) is 11.6. The van der Waals surface area contributed by atoms with Crippen molar-refractivity contribution in [1.29, 1.82) is 0 Å². The second kappa shape index (κ2) is 6.74. The molecule has 1 aliphatic heterocycles. The average molecular weight is 298 g/mol. The highest BCUT2D eigenvalue weighted by molar-refractivity contribution is 6.32. The highest BCUT2D eigenvalue weighted by Crippen LogP contribution is 2.29. The third-order valence-corrected chi connectivity index (χ3v) is 3.63. The van der Waals surface area contributed by atoms with Crippen molar-refractivity contribution in [3.05, 3.63) is 11.2 Å². The number of primary amides is 1. The third kappa shape index (κ3) is 3.30. The first-order valence-corrected chi connectivity index (χ1v) is 7.33. The van der Waals surface area contributed by atoms with Gasteiger partial charge in [-0.25, -0.2) is 4.98 Å². The number of aromatic nitrogens is 2. The van der Waals surface area contributed by atoms with Gasteiger partial charge in [0.15, 0.2) is 5.82 Å². The van der Waals surface area contributed by atoms with Gasteiger partial charge in [-0.2, -0.15) is 4.98 Å². The molecule has 0 bridgehead atoms. The molecule has 1 aromatic heterocycles. The van der Waals surface area contributed by atoms with Gasteiger partial charge in [-0.1, -0.05) is 18.5 Å². The van der Waals surface area contributed by atoms with Gasteiger partial charge in [0.1, 0.15) is 11.1 Å². The molecule has 1 amide bonds. The van der Waals surface area contributed by atoms with Gasteiger partial charge in [-0.05, 0) is 25.7 Å². The fraction of sp³-hybridized carbons (Fsp3) is 0.615. The van der Waals surface area contributed by atoms with Crippen LogP contribution in [0, 0.1) is 0 Å². The Morgan fingerprint density at radius 3 is 3.10 bits per heavy atom. The Balaban J connectivity index is 2.26. The maximum atomic E-state index is 11.6. The molecule has 1 unspecified atom stereocenters. The van der Waals surface area contributed by atoms with Gasteiger partial charge in [-0.3, -0.25) is 4.79 Å². The number of carbonyl (C=O) groups is 1. The van der Waals surface area contributed by atoms with Gasteiger partial charge in [0.05, 0.1) is 6.20 Å². The molecular formula is C13H20ClN5O. The van der Waals surface area contributed by atoms with E-state index in [0.29, 0.717) is 16.8 Å². The second-order valence-corrected chi connectivity index (χ2v) is 5.31. The molecule has 3 N–H and O–H groups in total. The summed E-state index contributed by atoms with van der Waals surface area (Å²) in [5, 5.41) is 3.57. The van der Waals surface area contributed by atoms with E-state index in [4.69, 9.17) is 17.3 Å². The normalized spacial score (nSPS) is 18.9. The lowest BCUT2D eigenvalue weighted by molar-refractivity contribution is -0.119. The lowest BCUT2D eigenvalue weighted by atomic mass is 10.0. The Bertz CT molecular complexity index is 482. The lowest BCUT2D eigenvalue weighted by Crippen LogP contribution is -2.48. The van der Waals surface area contributed by atoms with E-state index in [1.165, 1.54) is 0 Å². The summed E-state index contributed by atoms with van der Waals surface area (Å²) in [5.74, 6) is 0.784. The van der Waals surface area contributed by atoms with Crippen LogP contribution < -0.4 is 16.0 Å². The number of nitrogens with two attached hydrogens (primary N) is 1. The minimum atomic E-state index is -0.338. The monoisotopic (exact) mass is 297 g/mol. The van der Waals surface area contributed by atoms with Crippen molar-refractivity contribution in [2.75, 3.05) is 23.3 Å². The molecule has 1 saturated heterocycles. The highest BCUT2D eigenvalue weighted by Gasteiger charge is 2.29. The number of anilines is 2. The van der Waals surface area contributed by atoms with E-state index in [0.717, 1.165) is 38.8 Å². The SMILES string of the molecule is CCCNc1ncc(Cl)c(N2CCCCC2C(N)=O)n1. The first-order valence-electron chi connectivity index (χ1n) is 6.96. The van der Waals surface area contributed by atoms with E-state index in [9.17, 15) is 4.79 Å². The number of nitrogens with zero attached hydrogens (tertiary/aromatic N) is 3. The quantitative estimate of drug-likeness (QED) is 0.865. The number of amides is 1. The largest absolute Gasteiger partial charge is 0.368 e. The molecule has 0 aliphatic carbocycles. The smallest absolute Gasteiger partial charge is 0.240 e. The van der Waals surface area contributed by atoms with E-state index < -0.39 is 0 Å². The number of nitrogens with one attached hydrogen (secondary N) is 1. The summed E-state index contributed by atoms with van der Waals surface area (Å²) in [7, 11) is 0. The van der Waals surface area contributed by atoms with Gasteiger partial charge in [-0.15, -0.1) is 0 Å². The molecule has 1 fully saturated rings. The van der Waals surface area contributed by atoms with Crippen LogP contribution in [0.2, 0.25) is 5.02 Å². The minimum Gasteiger partial charge on any atom is -0.368 e. The minimum absolute atomic E-state index is 0.331. The third-order valence-electron chi connectivity index (χ3n) is 3.36. The maximum Gasteiger partial charge on any atom is 0.240 e. The van der Waals surface area contributed by atoms with E-state index >= 15 is 0 Å². The molecule has 1 aliphatic rings. The number of rotatable bonds is 5. The van der Waals surface area contributed by atoms with Gasteiger partial charge in [0.25, 0.3) is 0 Å². The van der Waals surface area contributed by atoms with Crippen molar-refractivity contribution in [1.82, 2.24) is 9.97 Å². The Labute approximate surface area is 123 Å². The number of halogens is 1. The van der Waals surface area contributed by atoms with Crippen LogP contribution in [-0.4, -0.2) is 35.0 Å². The molecule has 7 heteroatoms. The molecule has 0 aromatic carbocycles. The van der Waals surface area contributed by atoms with Gasteiger partial charge >= 0.3 is 0 Å². The summed E-state index contributed by atoms with van der Waals surface area (Å²) in [4.78, 5) is 22.1. The fourth-order valence-electron chi connectivity index (χ4n) is 2.36. The van der Waals surface area contributed by atoms with E-state index in [1.807, 2.05) is 4.90 Å². The summed E-state index contributed by atoms with van der Waals surface area (Å²) < 4.78 is 0. The van der Waals surface area contributed by atoms with Crippen molar-refractivity contribution in [2.24, 2.45) is 5.73 Å². The fourth-order valence-corrected chi connectivity index (χ4v) is 2.56. The summed E-state index contributed by atoms with van der Waals surface area (Å²) in [6.45, 7) is 3.59. The van der Waals surface area contributed by atoms with E-state index in [1.54, 1.807) is 6.20 Å². The zero-order valence-corrected chi connectivity index (χ0v) is 12.4. The molecule has 2 heterocycles. The van der Waals surface area contributed by atoms with Crippen LogP contribution in [0.15, 0.2) is 6.20 Å². The first kappa shape index (κ1) is 14.8. The summed E-state index contributed by atoms with van der Waals surface area (Å²) >= 11 is 6.19. The van der Waals surface area contributed by atoms with Crippen LogP contribution in [0.5, 0.6) is 0 Å². The van der Waals surface area contributed by atoms with Gasteiger partial charge in [0, 0.05) is 13.1 Å². The van der Waals surface area contributed by atoms with Crippen LogP contribution in [0.1, 0.15) is 32.6 Å². The van der Waals surface area contributed by atoms with Crippen molar-refractivity contribution >= 4 is 29.3 Å². The van der Waals surface area contributed by atoms with Crippen LogP contribution >= 0.6 is 11.6 Å². The van der Waals surface area contributed by atoms with Crippen molar-refractivity contribution < 1.29 is 4.79 Å². The molecule has 1 atom stereocenters.